The number of carbonyl (C=O) groups excluding carboxylic acids is 1. The summed E-state index contributed by atoms with van der Waals surface area (Å²) in [6.07, 6.45) is 0.475. The van der Waals surface area contributed by atoms with E-state index in [4.69, 9.17) is 4.98 Å². The first kappa shape index (κ1) is 19.9. The molecule has 1 aliphatic rings. The van der Waals surface area contributed by atoms with Gasteiger partial charge in [-0.15, -0.1) is 0 Å². The number of hydrogen-bond acceptors (Lipinski definition) is 6. The molecule has 2 aromatic heterocycles. The Kier molecular flexibility index (Phi) is 5.35. The maximum Gasteiger partial charge on any atom is 0.230 e. The number of rotatable bonds is 5. The predicted octanol–water partition coefficient (Wildman–Crippen LogP) is 2.41. The lowest BCUT2D eigenvalue weighted by Crippen LogP contribution is -2.36. The summed E-state index contributed by atoms with van der Waals surface area (Å²) >= 11 is 1.30. The van der Waals surface area contributed by atoms with Gasteiger partial charge in [0.05, 0.1) is 34.2 Å². The molecule has 1 fully saturated rings. The number of aromatic nitrogens is 3. The molecular weight excluding hydrogens is 408 g/mol. The molecule has 3 heterocycles. The van der Waals surface area contributed by atoms with E-state index in [1.54, 1.807) is 4.52 Å². The number of thioether (sulfide) groups is 1. The standard InChI is InChI=1S/C20H22N4O3S2/c1-13-10-14(2)23-24-19(13)18(15-6-4-3-5-7-15)22-20(24)28-11-17(25)21-16-8-9-29(26,27)12-16/h3-7,10,16H,8-9,11-12H2,1-2H3,(H,21,25)/t16-/m0/s1. The molecule has 1 atom stereocenters. The lowest BCUT2D eigenvalue weighted by molar-refractivity contribution is -0.119. The second-order valence-electron chi connectivity index (χ2n) is 7.29. The number of imidazole rings is 1. The second kappa shape index (κ2) is 7.79. The molecule has 7 nitrogen and oxygen atoms in total. The third kappa shape index (κ3) is 4.30. The van der Waals surface area contributed by atoms with Gasteiger partial charge in [-0.1, -0.05) is 42.1 Å². The van der Waals surface area contributed by atoms with Crippen LogP contribution in [0.1, 0.15) is 17.7 Å². The van der Waals surface area contributed by atoms with E-state index in [0.29, 0.717) is 11.6 Å². The molecule has 9 heteroatoms. The number of nitrogens with one attached hydrogen (secondary N) is 1. The van der Waals surface area contributed by atoms with Crippen LogP contribution in [-0.4, -0.2) is 52.2 Å². The van der Waals surface area contributed by atoms with Crippen LogP contribution in [0.3, 0.4) is 0 Å². The minimum Gasteiger partial charge on any atom is -0.352 e. The van der Waals surface area contributed by atoms with E-state index < -0.39 is 9.84 Å². The fraction of sp³-hybridized carbons (Fsp3) is 0.350. The van der Waals surface area contributed by atoms with Crippen molar-refractivity contribution in [2.75, 3.05) is 17.3 Å². The Bertz CT molecular complexity index is 1170. The highest BCUT2D eigenvalue weighted by molar-refractivity contribution is 7.99. The molecule has 0 saturated carbocycles. The maximum atomic E-state index is 12.3. The molecule has 3 aromatic rings. The quantitative estimate of drug-likeness (QED) is 0.625. The zero-order chi connectivity index (χ0) is 20.6. The van der Waals surface area contributed by atoms with Crippen molar-refractivity contribution < 1.29 is 13.2 Å². The Balaban J connectivity index is 1.58. The number of benzene rings is 1. The maximum absolute atomic E-state index is 12.3. The molecule has 1 saturated heterocycles. The molecule has 1 N–H and O–H groups in total. The van der Waals surface area contributed by atoms with Crippen molar-refractivity contribution in [1.29, 1.82) is 0 Å². The molecule has 0 aliphatic carbocycles. The van der Waals surface area contributed by atoms with Crippen molar-refractivity contribution in [2.45, 2.75) is 31.5 Å². The van der Waals surface area contributed by atoms with Gasteiger partial charge in [0.1, 0.15) is 0 Å². The third-order valence-electron chi connectivity index (χ3n) is 4.86. The van der Waals surface area contributed by atoms with Crippen LogP contribution in [0.2, 0.25) is 0 Å². The highest BCUT2D eigenvalue weighted by atomic mass is 32.2. The van der Waals surface area contributed by atoms with Crippen LogP contribution in [0.25, 0.3) is 16.8 Å². The molecular formula is C20H22N4O3S2. The fourth-order valence-corrected chi connectivity index (χ4v) is 6.03. The number of hydrogen-bond donors (Lipinski definition) is 1. The first-order valence-corrected chi connectivity index (χ1v) is 12.2. The van der Waals surface area contributed by atoms with Crippen molar-refractivity contribution in [3.05, 3.63) is 47.7 Å². The minimum atomic E-state index is -3.02. The molecule has 0 bridgehead atoms. The summed E-state index contributed by atoms with van der Waals surface area (Å²) in [4.78, 5) is 17.1. The zero-order valence-corrected chi connectivity index (χ0v) is 17.9. The van der Waals surface area contributed by atoms with Gasteiger partial charge in [-0.05, 0) is 31.9 Å². The van der Waals surface area contributed by atoms with Crippen molar-refractivity contribution >= 4 is 33.0 Å². The fourth-order valence-electron chi connectivity index (χ4n) is 3.61. The summed E-state index contributed by atoms with van der Waals surface area (Å²) in [5.41, 5.74) is 4.68. The molecule has 4 rings (SSSR count). The second-order valence-corrected chi connectivity index (χ2v) is 10.5. The summed E-state index contributed by atoms with van der Waals surface area (Å²) in [5.74, 6) is 0.116. The lowest BCUT2D eigenvalue weighted by Gasteiger charge is -2.10. The number of sulfone groups is 1. The highest BCUT2D eigenvalue weighted by Gasteiger charge is 2.29. The Morgan fingerprint density at radius 1 is 1.28 bits per heavy atom. The van der Waals surface area contributed by atoms with Gasteiger partial charge in [0.15, 0.2) is 15.0 Å². The highest BCUT2D eigenvalue weighted by Crippen LogP contribution is 2.30. The average molecular weight is 431 g/mol. The molecule has 0 spiro atoms. The smallest absolute Gasteiger partial charge is 0.230 e. The monoisotopic (exact) mass is 430 g/mol. The predicted molar refractivity (Wildman–Crippen MR) is 114 cm³/mol. The average Bonchev–Trinajstić information content (AvgIpc) is 3.20. The lowest BCUT2D eigenvalue weighted by atomic mass is 10.1. The van der Waals surface area contributed by atoms with Gasteiger partial charge in [0, 0.05) is 11.6 Å². The van der Waals surface area contributed by atoms with Crippen LogP contribution in [0.5, 0.6) is 0 Å². The summed E-state index contributed by atoms with van der Waals surface area (Å²) in [6, 6.07) is 11.6. The molecule has 0 radical (unpaired) electrons. The largest absolute Gasteiger partial charge is 0.352 e. The van der Waals surface area contributed by atoms with E-state index in [1.807, 2.05) is 50.2 Å². The molecule has 1 amide bonds. The van der Waals surface area contributed by atoms with E-state index in [2.05, 4.69) is 10.4 Å². The van der Waals surface area contributed by atoms with Crippen molar-refractivity contribution in [3.63, 3.8) is 0 Å². The topological polar surface area (TPSA) is 93.4 Å². The first-order valence-electron chi connectivity index (χ1n) is 9.37. The Morgan fingerprint density at radius 2 is 2.03 bits per heavy atom. The van der Waals surface area contributed by atoms with Crippen LogP contribution in [0.15, 0.2) is 41.6 Å². The van der Waals surface area contributed by atoms with Crippen molar-refractivity contribution in [2.24, 2.45) is 0 Å². The van der Waals surface area contributed by atoms with Crippen molar-refractivity contribution in [3.8, 4) is 11.3 Å². The SMILES string of the molecule is Cc1cc(C)c2c(-c3ccccc3)nc(SCC(=O)N[C@H]3CCS(=O)(=O)C3)n2n1. The Labute approximate surface area is 173 Å². The minimum absolute atomic E-state index is 0.0216. The number of nitrogens with zero attached hydrogens (tertiary/aromatic N) is 3. The van der Waals surface area contributed by atoms with Gasteiger partial charge in [-0.3, -0.25) is 4.79 Å². The first-order chi connectivity index (χ1) is 13.8. The van der Waals surface area contributed by atoms with Gasteiger partial charge in [-0.2, -0.15) is 5.10 Å². The van der Waals surface area contributed by atoms with Crippen molar-refractivity contribution in [1.82, 2.24) is 19.9 Å². The molecule has 152 valence electrons. The van der Waals surface area contributed by atoms with E-state index in [1.165, 1.54) is 11.8 Å². The van der Waals surface area contributed by atoms with Crippen LogP contribution in [0.4, 0.5) is 0 Å². The normalized spacial score (nSPS) is 18.2. The summed E-state index contributed by atoms with van der Waals surface area (Å²) in [5, 5.41) is 8.06. The number of aryl methyl sites for hydroxylation is 2. The number of amides is 1. The van der Waals surface area contributed by atoms with E-state index in [9.17, 15) is 13.2 Å². The van der Waals surface area contributed by atoms with E-state index >= 15 is 0 Å². The van der Waals surface area contributed by atoms with Gasteiger partial charge in [-0.25, -0.2) is 17.9 Å². The van der Waals surface area contributed by atoms with Crippen LogP contribution in [0, 0.1) is 13.8 Å². The van der Waals surface area contributed by atoms with Crippen LogP contribution < -0.4 is 5.32 Å². The Hall–Kier alpha value is -2.39. The van der Waals surface area contributed by atoms with Crippen LogP contribution >= 0.6 is 11.8 Å². The van der Waals surface area contributed by atoms with Gasteiger partial charge in [0.25, 0.3) is 0 Å². The molecule has 1 aliphatic heterocycles. The zero-order valence-electron chi connectivity index (χ0n) is 16.3. The number of fused-ring (bicyclic) bond motifs is 1. The Morgan fingerprint density at radius 3 is 2.72 bits per heavy atom. The molecule has 29 heavy (non-hydrogen) atoms. The van der Waals surface area contributed by atoms with Gasteiger partial charge >= 0.3 is 0 Å². The summed E-state index contributed by atoms with van der Waals surface area (Å²) < 4.78 is 24.9. The van der Waals surface area contributed by atoms with E-state index in [0.717, 1.165) is 28.0 Å². The summed E-state index contributed by atoms with van der Waals surface area (Å²) in [6.45, 7) is 3.95. The number of carbonyl (C=O) groups is 1. The molecule has 1 aromatic carbocycles. The van der Waals surface area contributed by atoms with E-state index in [-0.39, 0.29) is 29.2 Å². The third-order valence-corrected chi connectivity index (χ3v) is 7.56. The molecule has 0 unspecified atom stereocenters. The van der Waals surface area contributed by atoms with Gasteiger partial charge in [0.2, 0.25) is 5.91 Å². The van der Waals surface area contributed by atoms with Gasteiger partial charge < -0.3 is 5.32 Å². The summed E-state index contributed by atoms with van der Waals surface area (Å²) in [7, 11) is -3.02. The van der Waals surface area contributed by atoms with Crippen LogP contribution in [-0.2, 0) is 14.6 Å².